The van der Waals surface area contributed by atoms with Gasteiger partial charge in [0, 0.05) is 18.1 Å². The molecule has 2 N–H and O–H groups in total. The number of nitrogens with zero attached hydrogens (tertiary/aromatic N) is 1. The van der Waals surface area contributed by atoms with Crippen molar-refractivity contribution in [3.63, 3.8) is 0 Å². The predicted octanol–water partition coefficient (Wildman–Crippen LogP) is 1.46. The van der Waals surface area contributed by atoms with Crippen LogP contribution in [0, 0.1) is 0 Å². The number of nitrogens with one attached hydrogen (secondary N) is 2. The lowest BCUT2D eigenvalue weighted by molar-refractivity contribution is -0.129. The minimum Gasteiger partial charge on any atom is -0.356 e. The fourth-order valence-corrected chi connectivity index (χ4v) is 2.15. The van der Waals surface area contributed by atoms with Crippen molar-refractivity contribution >= 4 is 23.4 Å². The Hall–Kier alpha value is -1.59. The lowest BCUT2D eigenvalue weighted by atomic mass is 10.1. The van der Waals surface area contributed by atoms with E-state index in [-0.39, 0.29) is 18.2 Å². The van der Waals surface area contributed by atoms with Gasteiger partial charge < -0.3 is 15.5 Å². The number of halogens is 1. The Kier molecular flexibility index (Phi) is 8.55. The standard InChI is InChI=1S/C16H24ClN3O2/c1-20(2)10-4-8-18-15(21)12-16(22)19-9-7-13-5-3-6-14(17)11-13/h3,5-6,11H,4,7-10,12H2,1-2H3,(H,18,21)(H,19,22). The van der Waals surface area contributed by atoms with Gasteiger partial charge in [0.15, 0.2) is 0 Å². The first-order valence-electron chi connectivity index (χ1n) is 7.40. The summed E-state index contributed by atoms with van der Waals surface area (Å²) >= 11 is 5.89. The third kappa shape index (κ3) is 8.64. The largest absolute Gasteiger partial charge is 0.356 e. The molecular weight excluding hydrogens is 302 g/mol. The Bertz CT molecular complexity index is 492. The van der Waals surface area contributed by atoms with Crippen LogP contribution in [0.15, 0.2) is 24.3 Å². The molecule has 122 valence electrons. The van der Waals surface area contributed by atoms with E-state index >= 15 is 0 Å². The van der Waals surface area contributed by atoms with Gasteiger partial charge in [0.1, 0.15) is 6.42 Å². The van der Waals surface area contributed by atoms with Gasteiger partial charge in [-0.3, -0.25) is 9.59 Å². The van der Waals surface area contributed by atoms with Crippen LogP contribution >= 0.6 is 11.6 Å². The third-order valence-electron chi connectivity index (χ3n) is 3.05. The lowest BCUT2D eigenvalue weighted by Crippen LogP contribution is -2.33. The molecule has 1 aromatic carbocycles. The first-order valence-corrected chi connectivity index (χ1v) is 7.77. The first-order chi connectivity index (χ1) is 10.5. The van der Waals surface area contributed by atoms with Crippen molar-refractivity contribution in [2.75, 3.05) is 33.7 Å². The average molecular weight is 326 g/mol. The van der Waals surface area contributed by atoms with Crippen molar-refractivity contribution in [2.24, 2.45) is 0 Å². The van der Waals surface area contributed by atoms with E-state index < -0.39 is 0 Å². The minimum atomic E-state index is -0.257. The zero-order chi connectivity index (χ0) is 16.4. The van der Waals surface area contributed by atoms with E-state index in [9.17, 15) is 9.59 Å². The van der Waals surface area contributed by atoms with Crippen molar-refractivity contribution in [1.82, 2.24) is 15.5 Å². The van der Waals surface area contributed by atoms with Crippen LogP contribution in [0.1, 0.15) is 18.4 Å². The number of carbonyl (C=O) groups excluding carboxylic acids is 2. The summed E-state index contributed by atoms with van der Waals surface area (Å²) in [6.07, 6.45) is 1.43. The molecule has 0 spiro atoms. The molecule has 22 heavy (non-hydrogen) atoms. The number of hydrogen-bond acceptors (Lipinski definition) is 3. The van der Waals surface area contributed by atoms with Crippen LogP contribution in [-0.4, -0.2) is 50.4 Å². The summed E-state index contributed by atoms with van der Waals surface area (Å²) in [5.41, 5.74) is 1.06. The van der Waals surface area contributed by atoms with E-state index in [1.807, 2.05) is 38.4 Å². The predicted molar refractivity (Wildman–Crippen MR) is 89.0 cm³/mol. The van der Waals surface area contributed by atoms with Crippen molar-refractivity contribution in [1.29, 1.82) is 0 Å². The Morgan fingerprint density at radius 2 is 1.82 bits per heavy atom. The second-order valence-electron chi connectivity index (χ2n) is 5.41. The zero-order valence-electron chi connectivity index (χ0n) is 13.2. The van der Waals surface area contributed by atoms with E-state index in [4.69, 9.17) is 11.6 Å². The van der Waals surface area contributed by atoms with Crippen LogP contribution in [0.5, 0.6) is 0 Å². The molecule has 0 atom stereocenters. The summed E-state index contributed by atoms with van der Waals surface area (Å²) in [5.74, 6) is -0.494. The molecular formula is C16H24ClN3O2. The van der Waals surface area contributed by atoms with Crippen molar-refractivity contribution in [3.8, 4) is 0 Å². The van der Waals surface area contributed by atoms with E-state index in [1.165, 1.54) is 0 Å². The van der Waals surface area contributed by atoms with Crippen molar-refractivity contribution < 1.29 is 9.59 Å². The van der Waals surface area contributed by atoms with Gasteiger partial charge in [-0.15, -0.1) is 0 Å². The smallest absolute Gasteiger partial charge is 0.229 e. The number of rotatable bonds is 9. The van der Waals surface area contributed by atoms with Crippen LogP contribution in [-0.2, 0) is 16.0 Å². The molecule has 5 nitrogen and oxygen atoms in total. The highest BCUT2D eigenvalue weighted by atomic mass is 35.5. The highest BCUT2D eigenvalue weighted by Crippen LogP contribution is 2.10. The quantitative estimate of drug-likeness (QED) is 0.534. The van der Waals surface area contributed by atoms with E-state index in [0.29, 0.717) is 24.5 Å². The number of benzene rings is 1. The van der Waals surface area contributed by atoms with Crippen LogP contribution in [0.4, 0.5) is 0 Å². The SMILES string of the molecule is CN(C)CCCNC(=O)CC(=O)NCCc1cccc(Cl)c1. The second-order valence-corrected chi connectivity index (χ2v) is 5.85. The molecule has 0 bridgehead atoms. The van der Waals surface area contributed by atoms with Gasteiger partial charge in [0.05, 0.1) is 0 Å². The molecule has 2 amide bonds. The number of hydrogen-bond donors (Lipinski definition) is 2. The summed E-state index contributed by atoms with van der Waals surface area (Å²) in [6, 6.07) is 7.51. The molecule has 0 aliphatic rings. The molecule has 0 aliphatic carbocycles. The number of carbonyl (C=O) groups is 2. The monoisotopic (exact) mass is 325 g/mol. The molecule has 0 aromatic heterocycles. The van der Waals surface area contributed by atoms with Gasteiger partial charge in [-0.2, -0.15) is 0 Å². The minimum absolute atomic E-state index is 0.127. The maximum atomic E-state index is 11.6. The highest BCUT2D eigenvalue weighted by Gasteiger charge is 2.08. The van der Waals surface area contributed by atoms with Gasteiger partial charge in [0.25, 0.3) is 0 Å². The van der Waals surface area contributed by atoms with Crippen LogP contribution in [0.3, 0.4) is 0 Å². The normalized spacial score (nSPS) is 10.5. The van der Waals surface area contributed by atoms with Crippen molar-refractivity contribution in [3.05, 3.63) is 34.9 Å². The molecule has 0 radical (unpaired) electrons. The van der Waals surface area contributed by atoms with Gasteiger partial charge in [0.2, 0.25) is 11.8 Å². The molecule has 0 heterocycles. The summed E-state index contributed by atoms with van der Waals surface area (Å²) in [7, 11) is 3.96. The Labute approximate surface area is 137 Å². The fourth-order valence-electron chi connectivity index (χ4n) is 1.93. The van der Waals surface area contributed by atoms with Gasteiger partial charge in [-0.05, 0) is 51.2 Å². The molecule has 6 heteroatoms. The third-order valence-corrected chi connectivity index (χ3v) is 3.29. The lowest BCUT2D eigenvalue weighted by Gasteiger charge is -2.10. The van der Waals surface area contributed by atoms with E-state index in [0.717, 1.165) is 18.5 Å². The molecule has 0 saturated carbocycles. The van der Waals surface area contributed by atoms with Gasteiger partial charge >= 0.3 is 0 Å². The molecule has 0 aliphatic heterocycles. The average Bonchev–Trinajstić information content (AvgIpc) is 2.43. The van der Waals surface area contributed by atoms with E-state index in [1.54, 1.807) is 0 Å². The second kappa shape index (κ2) is 10.2. The van der Waals surface area contributed by atoms with Crippen LogP contribution < -0.4 is 10.6 Å². The number of amides is 2. The topological polar surface area (TPSA) is 61.4 Å². The first kappa shape index (κ1) is 18.5. The molecule has 0 unspecified atom stereocenters. The van der Waals surface area contributed by atoms with Crippen LogP contribution in [0.25, 0.3) is 0 Å². The Morgan fingerprint density at radius 1 is 1.14 bits per heavy atom. The van der Waals surface area contributed by atoms with E-state index in [2.05, 4.69) is 15.5 Å². The summed E-state index contributed by atoms with van der Waals surface area (Å²) < 4.78 is 0. The molecule has 0 saturated heterocycles. The molecule has 1 rings (SSSR count). The highest BCUT2D eigenvalue weighted by molar-refractivity contribution is 6.30. The van der Waals surface area contributed by atoms with Crippen LogP contribution in [0.2, 0.25) is 5.02 Å². The maximum absolute atomic E-state index is 11.6. The summed E-state index contributed by atoms with van der Waals surface area (Å²) in [6.45, 7) is 1.99. The van der Waals surface area contributed by atoms with Gasteiger partial charge in [-0.1, -0.05) is 23.7 Å². The van der Waals surface area contributed by atoms with Gasteiger partial charge in [-0.25, -0.2) is 0 Å². The summed E-state index contributed by atoms with van der Waals surface area (Å²) in [5, 5.41) is 6.16. The molecule has 0 fully saturated rings. The zero-order valence-corrected chi connectivity index (χ0v) is 13.9. The fraction of sp³-hybridized carbons (Fsp3) is 0.500. The Balaban J connectivity index is 2.13. The summed E-state index contributed by atoms with van der Waals surface area (Å²) in [4.78, 5) is 25.3. The molecule has 1 aromatic rings. The Morgan fingerprint density at radius 3 is 2.45 bits per heavy atom. The maximum Gasteiger partial charge on any atom is 0.229 e. The van der Waals surface area contributed by atoms with Crippen molar-refractivity contribution in [2.45, 2.75) is 19.3 Å².